The molecule has 0 saturated heterocycles. The van der Waals surface area contributed by atoms with Crippen molar-refractivity contribution in [3.8, 4) is 0 Å². The van der Waals surface area contributed by atoms with Crippen molar-refractivity contribution in [3.63, 3.8) is 0 Å². The Balaban J connectivity index is 4.30. The molecule has 0 aliphatic heterocycles. The van der Waals surface area contributed by atoms with Crippen LogP contribution in [0.3, 0.4) is 0 Å². The number of aliphatic imine (C=N–C) groups is 1. The van der Waals surface area contributed by atoms with Gasteiger partial charge in [0.15, 0.2) is 5.78 Å². The first-order valence-corrected chi connectivity index (χ1v) is 9.05. The van der Waals surface area contributed by atoms with Gasteiger partial charge < -0.3 is 5.41 Å². The molecule has 0 aliphatic carbocycles. The van der Waals surface area contributed by atoms with Crippen molar-refractivity contribution in [1.29, 1.82) is 5.41 Å². The number of allylic oxidation sites excluding steroid dienone is 2. The Morgan fingerprint density at radius 2 is 1.65 bits per heavy atom. The molecule has 0 amide bonds. The Morgan fingerprint density at radius 3 is 2.17 bits per heavy atom. The van der Waals surface area contributed by atoms with Crippen LogP contribution in [0.5, 0.6) is 0 Å². The molecule has 0 saturated carbocycles. The summed E-state index contributed by atoms with van der Waals surface area (Å²) in [5, 5.41) is 7.43. The Morgan fingerprint density at radius 1 is 1.04 bits per heavy atom. The van der Waals surface area contributed by atoms with E-state index in [9.17, 15) is 4.79 Å². The lowest BCUT2D eigenvalue weighted by molar-refractivity contribution is -0.115. The van der Waals surface area contributed by atoms with Gasteiger partial charge in [0.1, 0.15) is 5.70 Å². The standard InChI is InChI=1S/C20H36N2O/c1-7-16(4)10-11-17(5)9-8-14-22-20(15(2)3)19(23)13-12-18(6)21/h14,16-17,21H,7-13H2,1-6H3/t16-,17+/m1/s1. The van der Waals surface area contributed by atoms with Gasteiger partial charge in [0.2, 0.25) is 0 Å². The van der Waals surface area contributed by atoms with Gasteiger partial charge in [0.25, 0.3) is 0 Å². The average molecular weight is 321 g/mol. The molecule has 3 nitrogen and oxygen atoms in total. The van der Waals surface area contributed by atoms with Crippen molar-refractivity contribution >= 4 is 17.7 Å². The van der Waals surface area contributed by atoms with Crippen LogP contribution in [0, 0.1) is 17.2 Å². The van der Waals surface area contributed by atoms with Crippen LogP contribution < -0.4 is 0 Å². The third kappa shape index (κ3) is 11.0. The van der Waals surface area contributed by atoms with E-state index < -0.39 is 0 Å². The second kappa shape index (κ2) is 12.2. The van der Waals surface area contributed by atoms with Gasteiger partial charge in [-0.1, -0.05) is 40.0 Å². The van der Waals surface area contributed by atoms with E-state index in [2.05, 4.69) is 25.8 Å². The van der Waals surface area contributed by atoms with Crippen molar-refractivity contribution in [1.82, 2.24) is 0 Å². The minimum atomic E-state index is 0.0534. The fourth-order valence-electron chi connectivity index (χ4n) is 2.33. The number of rotatable bonds is 12. The molecule has 0 bridgehead atoms. The number of nitrogens with zero attached hydrogens (tertiary/aromatic N) is 1. The first kappa shape index (κ1) is 21.8. The van der Waals surface area contributed by atoms with E-state index in [4.69, 9.17) is 5.41 Å². The third-order valence-electron chi connectivity index (χ3n) is 4.32. The summed E-state index contributed by atoms with van der Waals surface area (Å²) in [5.41, 5.74) is 2.09. The van der Waals surface area contributed by atoms with Crippen LogP contribution in [-0.2, 0) is 4.79 Å². The second-order valence-electron chi connectivity index (χ2n) is 7.14. The minimum Gasteiger partial charge on any atom is -0.310 e. The molecule has 0 rings (SSSR count). The SMILES string of the molecule is CC[C@@H](C)CC[C@@H](C)CCC=NC(C(=O)CCC(C)=N)=C(C)C. The molecule has 0 aliphatic rings. The zero-order chi connectivity index (χ0) is 17.8. The molecule has 23 heavy (non-hydrogen) atoms. The normalized spacial score (nSPS) is 13.8. The largest absolute Gasteiger partial charge is 0.310 e. The van der Waals surface area contributed by atoms with Crippen LogP contribution in [-0.4, -0.2) is 17.7 Å². The van der Waals surface area contributed by atoms with E-state index in [1.165, 1.54) is 19.3 Å². The highest BCUT2D eigenvalue weighted by Crippen LogP contribution is 2.18. The zero-order valence-corrected chi connectivity index (χ0v) is 16.0. The molecule has 0 unspecified atom stereocenters. The molecule has 0 spiro atoms. The van der Waals surface area contributed by atoms with Crippen molar-refractivity contribution in [2.24, 2.45) is 16.8 Å². The van der Waals surface area contributed by atoms with Crippen LogP contribution in [0.4, 0.5) is 0 Å². The summed E-state index contributed by atoms with van der Waals surface area (Å²) < 4.78 is 0. The smallest absolute Gasteiger partial charge is 0.181 e. The topological polar surface area (TPSA) is 53.3 Å². The highest BCUT2D eigenvalue weighted by molar-refractivity contribution is 5.98. The van der Waals surface area contributed by atoms with Gasteiger partial charge in [-0.05, 0) is 57.4 Å². The molecule has 1 N–H and O–H groups in total. The van der Waals surface area contributed by atoms with Crippen molar-refractivity contribution in [3.05, 3.63) is 11.3 Å². The maximum atomic E-state index is 12.2. The summed E-state index contributed by atoms with van der Waals surface area (Å²) in [6, 6.07) is 0. The van der Waals surface area contributed by atoms with E-state index in [0.717, 1.165) is 24.3 Å². The molecular formula is C20H36N2O. The molecule has 0 aromatic heterocycles. The van der Waals surface area contributed by atoms with Gasteiger partial charge in [-0.2, -0.15) is 0 Å². The Bertz CT molecular complexity index is 431. The Hall–Kier alpha value is -1.25. The van der Waals surface area contributed by atoms with E-state index in [0.29, 0.717) is 30.2 Å². The van der Waals surface area contributed by atoms with Gasteiger partial charge in [0, 0.05) is 18.3 Å². The molecule has 132 valence electrons. The molecule has 0 fully saturated rings. The number of carbonyl (C=O) groups excluding carboxylic acids is 1. The average Bonchev–Trinajstić information content (AvgIpc) is 2.49. The maximum absolute atomic E-state index is 12.2. The van der Waals surface area contributed by atoms with E-state index in [-0.39, 0.29) is 5.78 Å². The summed E-state index contributed by atoms with van der Waals surface area (Å²) in [5.74, 6) is 1.58. The number of hydrogen-bond donors (Lipinski definition) is 1. The lowest BCUT2D eigenvalue weighted by Crippen LogP contribution is -2.05. The quantitative estimate of drug-likeness (QED) is 0.349. The third-order valence-corrected chi connectivity index (χ3v) is 4.32. The van der Waals surface area contributed by atoms with Gasteiger partial charge in [-0.25, -0.2) is 0 Å². The van der Waals surface area contributed by atoms with Crippen LogP contribution >= 0.6 is 0 Å². The first-order valence-electron chi connectivity index (χ1n) is 9.05. The fourth-order valence-corrected chi connectivity index (χ4v) is 2.33. The minimum absolute atomic E-state index is 0.0534. The number of Topliss-reactive ketones (excluding diaryl/α,β-unsaturated/α-hetero) is 1. The maximum Gasteiger partial charge on any atom is 0.181 e. The van der Waals surface area contributed by atoms with Gasteiger partial charge in [-0.15, -0.1) is 0 Å². The van der Waals surface area contributed by atoms with Crippen molar-refractivity contribution in [2.75, 3.05) is 0 Å². The number of hydrogen-bond acceptors (Lipinski definition) is 3. The van der Waals surface area contributed by atoms with Crippen molar-refractivity contribution < 1.29 is 4.79 Å². The summed E-state index contributed by atoms with van der Waals surface area (Å²) in [6.07, 6.45) is 8.70. The lowest BCUT2D eigenvalue weighted by Gasteiger charge is -2.13. The fraction of sp³-hybridized carbons (Fsp3) is 0.750. The summed E-state index contributed by atoms with van der Waals surface area (Å²) in [7, 11) is 0. The van der Waals surface area contributed by atoms with Crippen LogP contribution in [0.25, 0.3) is 0 Å². The number of nitrogens with one attached hydrogen (secondary N) is 1. The molecule has 0 heterocycles. The van der Waals surface area contributed by atoms with Crippen LogP contribution in [0.15, 0.2) is 16.3 Å². The zero-order valence-electron chi connectivity index (χ0n) is 16.0. The monoisotopic (exact) mass is 320 g/mol. The highest BCUT2D eigenvalue weighted by Gasteiger charge is 2.10. The molecular weight excluding hydrogens is 284 g/mol. The van der Waals surface area contributed by atoms with Crippen LogP contribution in [0.1, 0.15) is 86.5 Å². The molecule has 0 aromatic carbocycles. The molecule has 2 atom stereocenters. The molecule has 0 aromatic rings. The van der Waals surface area contributed by atoms with Gasteiger partial charge in [0.05, 0.1) is 0 Å². The van der Waals surface area contributed by atoms with Gasteiger partial charge in [-0.3, -0.25) is 9.79 Å². The van der Waals surface area contributed by atoms with Crippen LogP contribution in [0.2, 0.25) is 0 Å². The lowest BCUT2D eigenvalue weighted by atomic mass is 9.94. The molecule has 3 heteroatoms. The summed E-state index contributed by atoms with van der Waals surface area (Å²) in [4.78, 5) is 16.6. The van der Waals surface area contributed by atoms with E-state index in [1.807, 2.05) is 20.1 Å². The Labute approximate surface area is 143 Å². The number of ketones is 1. The second-order valence-corrected chi connectivity index (χ2v) is 7.14. The first-order chi connectivity index (χ1) is 10.8. The summed E-state index contributed by atoms with van der Waals surface area (Å²) in [6.45, 7) is 12.5. The molecule has 0 radical (unpaired) electrons. The van der Waals surface area contributed by atoms with Crippen molar-refractivity contribution in [2.45, 2.75) is 86.5 Å². The summed E-state index contributed by atoms with van der Waals surface area (Å²) >= 11 is 0. The Kier molecular flexibility index (Phi) is 11.5. The number of carbonyl (C=O) groups is 1. The predicted octanol–water partition coefficient (Wildman–Crippen LogP) is 5.98. The highest BCUT2D eigenvalue weighted by atomic mass is 16.1. The van der Waals surface area contributed by atoms with E-state index >= 15 is 0 Å². The predicted molar refractivity (Wildman–Crippen MR) is 102 cm³/mol. The van der Waals surface area contributed by atoms with E-state index in [1.54, 1.807) is 6.92 Å². The van der Waals surface area contributed by atoms with Gasteiger partial charge >= 0.3 is 0 Å².